The first-order valence-corrected chi connectivity index (χ1v) is 9.61. The van der Waals surface area contributed by atoms with Gasteiger partial charge < -0.3 is 15.5 Å². The molecule has 1 aliphatic heterocycles. The summed E-state index contributed by atoms with van der Waals surface area (Å²) in [6.45, 7) is 6.93. The summed E-state index contributed by atoms with van der Waals surface area (Å²) in [6, 6.07) is 7.05. The zero-order chi connectivity index (χ0) is 19.8. The second kappa shape index (κ2) is 10.1. The van der Waals surface area contributed by atoms with Crippen molar-refractivity contribution >= 4 is 23.4 Å². The van der Waals surface area contributed by atoms with Crippen molar-refractivity contribution in [1.29, 1.82) is 0 Å². The molecule has 0 aliphatic carbocycles. The van der Waals surface area contributed by atoms with E-state index in [4.69, 9.17) is 0 Å². The zero-order valence-electron chi connectivity index (χ0n) is 16.5. The highest BCUT2D eigenvalue weighted by molar-refractivity contribution is 5.97. The Bertz CT molecular complexity index is 665. The standard InChI is InChI=1S/C20H30N4O3/c1-4-24(5-2)20(27)16-7-6-8-17(13-16)22-18(25)14-23-11-9-15(10-12-23)19(26)21-3/h6-8,13,15H,4-5,9-12,14H2,1-3H3,(H,21,26)(H,22,25). The molecule has 1 saturated heterocycles. The first-order chi connectivity index (χ1) is 13.0. The predicted octanol–water partition coefficient (Wildman–Crippen LogP) is 1.57. The average molecular weight is 374 g/mol. The van der Waals surface area contributed by atoms with Crippen molar-refractivity contribution in [3.63, 3.8) is 0 Å². The van der Waals surface area contributed by atoms with Crippen molar-refractivity contribution in [1.82, 2.24) is 15.1 Å². The minimum absolute atomic E-state index is 0.0348. The first kappa shape index (κ1) is 20.9. The molecule has 0 aromatic heterocycles. The highest BCUT2D eigenvalue weighted by Crippen LogP contribution is 2.17. The van der Waals surface area contributed by atoms with Gasteiger partial charge in [-0.25, -0.2) is 0 Å². The van der Waals surface area contributed by atoms with Crippen molar-refractivity contribution in [3.8, 4) is 0 Å². The Morgan fingerprint density at radius 1 is 1.15 bits per heavy atom. The van der Waals surface area contributed by atoms with Gasteiger partial charge in [0.1, 0.15) is 0 Å². The summed E-state index contributed by atoms with van der Waals surface area (Å²) in [5.41, 5.74) is 1.20. The Balaban J connectivity index is 1.88. The molecule has 3 amide bonds. The maximum absolute atomic E-state index is 12.4. The fraction of sp³-hybridized carbons (Fsp3) is 0.550. The summed E-state index contributed by atoms with van der Waals surface area (Å²) in [5, 5.41) is 5.56. The lowest BCUT2D eigenvalue weighted by atomic mass is 9.96. The molecule has 2 rings (SSSR count). The fourth-order valence-electron chi connectivity index (χ4n) is 3.38. The number of nitrogens with zero attached hydrogens (tertiary/aromatic N) is 2. The van der Waals surface area contributed by atoms with Gasteiger partial charge in [0.15, 0.2) is 0 Å². The molecule has 1 aromatic carbocycles. The Kier molecular flexibility index (Phi) is 7.79. The van der Waals surface area contributed by atoms with Crippen LogP contribution in [0, 0.1) is 5.92 Å². The van der Waals surface area contributed by atoms with Crippen LogP contribution in [-0.2, 0) is 9.59 Å². The number of likely N-dealkylation sites (tertiary alicyclic amines) is 1. The van der Waals surface area contributed by atoms with E-state index in [1.807, 2.05) is 13.8 Å². The lowest BCUT2D eigenvalue weighted by Crippen LogP contribution is -2.42. The van der Waals surface area contributed by atoms with E-state index >= 15 is 0 Å². The third-order valence-corrected chi connectivity index (χ3v) is 5.02. The van der Waals surface area contributed by atoms with Crippen LogP contribution in [0.15, 0.2) is 24.3 Å². The number of nitrogens with one attached hydrogen (secondary N) is 2. The largest absolute Gasteiger partial charge is 0.359 e. The molecule has 27 heavy (non-hydrogen) atoms. The topological polar surface area (TPSA) is 81.8 Å². The van der Waals surface area contributed by atoms with E-state index in [-0.39, 0.29) is 30.2 Å². The second-order valence-electron chi connectivity index (χ2n) is 6.77. The molecule has 1 heterocycles. The summed E-state index contributed by atoms with van der Waals surface area (Å²) in [7, 11) is 1.65. The van der Waals surface area contributed by atoms with Crippen LogP contribution in [0.4, 0.5) is 5.69 Å². The summed E-state index contributed by atoms with van der Waals surface area (Å²) in [6.07, 6.45) is 1.53. The normalized spacial score (nSPS) is 15.2. The maximum Gasteiger partial charge on any atom is 0.253 e. The number of hydrogen-bond acceptors (Lipinski definition) is 4. The van der Waals surface area contributed by atoms with Gasteiger partial charge in [-0.2, -0.15) is 0 Å². The number of carbonyl (C=O) groups excluding carboxylic acids is 3. The Morgan fingerprint density at radius 2 is 1.81 bits per heavy atom. The van der Waals surface area contributed by atoms with E-state index in [0.717, 1.165) is 25.9 Å². The van der Waals surface area contributed by atoms with Crippen LogP contribution in [-0.4, -0.2) is 67.3 Å². The third-order valence-electron chi connectivity index (χ3n) is 5.02. The molecule has 0 atom stereocenters. The quantitative estimate of drug-likeness (QED) is 0.759. The molecule has 0 saturated carbocycles. The minimum Gasteiger partial charge on any atom is -0.359 e. The number of piperidine rings is 1. The molecule has 0 unspecified atom stereocenters. The van der Waals surface area contributed by atoms with Crippen LogP contribution in [0.5, 0.6) is 0 Å². The fourth-order valence-corrected chi connectivity index (χ4v) is 3.38. The number of anilines is 1. The van der Waals surface area contributed by atoms with E-state index in [1.54, 1.807) is 36.2 Å². The number of hydrogen-bond donors (Lipinski definition) is 2. The van der Waals surface area contributed by atoms with Crippen molar-refractivity contribution in [2.75, 3.05) is 45.1 Å². The van der Waals surface area contributed by atoms with E-state index in [1.165, 1.54) is 0 Å². The molecule has 0 spiro atoms. The lowest BCUT2D eigenvalue weighted by Gasteiger charge is -2.30. The van der Waals surface area contributed by atoms with Crippen LogP contribution >= 0.6 is 0 Å². The van der Waals surface area contributed by atoms with Crippen LogP contribution in [0.25, 0.3) is 0 Å². The number of rotatable bonds is 7. The van der Waals surface area contributed by atoms with Gasteiger partial charge in [-0.05, 0) is 58.0 Å². The van der Waals surface area contributed by atoms with E-state index in [0.29, 0.717) is 24.3 Å². The van der Waals surface area contributed by atoms with E-state index in [2.05, 4.69) is 15.5 Å². The van der Waals surface area contributed by atoms with Crippen LogP contribution in [0.3, 0.4) is 0 Å². The molecule has 7 heteroatoms. The van der Waals surface area contributed by atoms with Crippen molar-refractivity contribution < 1.29 is 14.4 Å². The van der Waals surface area contributed by atoms with Gasteiger partial charge >= 0.3 is 0 Å². The summed E-state index contributed by atoms with van der Waals surface area (Å²) < 4.78 is 0. The average Bonchev–Trinajstić information content (AvgIpc) is 2.69. The van der Waals surface area contributed by atoms with Gasteiger partial charge in [0.25, 0.3) is 5.91 Å². The molecule has 1 aliphatic rings. The van der Waals surface area contributed by atoms with Crippen LogP contribution < -0.4 is 10.6 Å². The smallest absolute Gasteiger partial charge is 0.253 e. The SMILES string of the molecule is CCN(CC)C(=O)c1cccc(NC(=O)CN2CCC(C(=O)NC)CC2)c1. The molecule has 2 N–H and O–H groups in total. The Morgan fingerprint density at radius 3 is 2.41 bits per heavy atom. The molecule has 148 valence electrons. The maximum atomic E-state index is 12.4. The predicted molar refractivity (Wildman–Crippen MR) is 106 cm³/mol. The number of carbonyl (C=O) groups is 3. The molecular formula is C20H30N4O3. The molecular weight excluding hydrogens is 344 g/mol. The van der Waals surface area contributed by atoms with Gasteiger partial charge in [-0.1, -0.05) is 6.07 Å². The highest BCUT2D eigenvalue weighted by atomic mass is 16.2. The van der Waals surface area contributed by atoms with E-state index in [9.17, 15) is 14.4 Å². The van der Waals surface area contributed by atoms with Gasteiger partial charge in [0.05, 0.1) is 6.54 Å². The summed E-state index contributed by atoms with van der Waals surface area (Å²) in [4.78, 5) is 40.3. The molecule has 1 aromatic rings. The number of amides is 3. The van der Waals surface area contributed by atoms with Crippen LogP contribution in [0.2, 0.25) is 0 Å². The second-order valence-corrected chi connectivity index (χ2v) is 6.77. The van der Waals surface area contributed by atoms with Gasteiger partial charge in [-0.3, -0.25) is 19.3 Å². The Hall–Kier alpha value is -2.41. The molecule has 7 nitrogen and oxygen atoms in total. The van der Waals surface area contributed by atoms with Crippen molar-refractivity contribution in [3.05, 3.63) is 29.8 Å². The number of benzene rings is 1. The molecule has 0 radical (unpaired) electrons. The Labute approximate surface area is 161 Å². The van der Waals surface area contributed by atoms with E-state index < -0.39 is 0 Å². The molecule has 0 bridgehead atoms. The monoisotopic (exact) mass is 374 g/mol. The minimum atomic E-state index is -0.110. The summed E-state index contributed by atoms with van der Waals surface area (Å²) in [5.74, 6) is -0.0286. The first-order valence-electron chi connectivity index (χ1n) is 9.61. The van der Waals surface area contributed by atoms with Crippen LogP contribution in [0.1, 0.15) is 37.0 Å². The van der Waals surface area contributed by atoms with Gasteiger partial charge in [0, 0.05) is 37.3 Å². The van der Waals surface area contributed by atoms with Crippen molar-refractivity contribution in [2.24, 2.45) is 5.92 Å². The van der Waals surface area contributed by atoms with Gasteiger partial charge in [-0.15, -0.1) is 0 Å². The summed E-state index contributed by atoms with van der Waals surface area (Å²) >= 11 is 0. The third kappa shape index (κ3) is 5.79. The lowest BCUT2D eigenvalue weighted by molar-refractivity contribution is -0.126. The van der Waals surface area contributed by atoms with Crippen molar-refractivity contribution in [2.45, 2.75) is 26.7 Å². The highest BCUT2D eigenvalue weighted by Gasteiger charge is 2.25. The zero-order valence-corrected chi connectivity index (χ0v) is 16.5. The van der Waals surface area contributed by atoms with Gasteiger partial charge in [0.2, 0.25) is 11.8 Å². The molecule has 1 fully saturated rings.